The molecule has 0 N–H and O–H groups in total. The van der Waals surface area contributed by atoms with Gasteiger partial charge in [0.05, 0.1) is 0 Å². The van der Waals surface area contributed by atoms with Crippen molar-refractivity contribution in [2.75, 3.05) is 19.6 Å². The largest absolute Gasteiger partial charge is 0.302 e. The van der Waals surface area contributed by atoms with Crippen LogP contribution >= 0.6 is 0 Å². The zero-order chi connectivity index (χ0) is 13.1. The molecule has 1 aromatic rings. The number of hydrogen-bond acceptors (Lipinski definition) is 1. The third kappa shape index (κ3) is 3.36. The summed E-state index contributed by atoms with van der Waals surface area (Å²) in [6.45, 7) is 3.59. The van der Waals surface area contributed by atoms with E-state index in [2.05, 4.69) is 11.0 Å². The van der Waals surface area contributed by atoms with Gasteiger partial charge in [0.15, 0.2) is 0 Å². The first-order valence-electron chi connectivity index (χ1n) is 7.79. The maximum absolute atomic E-state index is 13.3. The summed E-state index contributed by atoms with van der Waals surface area (Å²) in [5.41, 5.74) is 1.19. The number of likely N-dealkylation sites (tertiary alicyclic amines) is 1. The lowest BCUT2D eigenvalue weighted by atomic mass is 9.89. The summed E-state index contributed by atoms with van der Waals surface area (Å²) in [7, 11) is 0. The van der Waals surface area contributed by atoms with Gasteiger partial charge in [0.25, 0.3) is 0 Å². The molecular weight excluding hydrogens is 237 g/mol. The summed E-state index contributed by atoms with van der Waals surface area (Å²) in [6.07, 6.45) is 8.30. The predicted octanol–water partition coefficient (Wildman–Crippen LogP) is 4.20. The SMILES string of the molecule is Fc1cccc(C2CCN(CC3CCCCC3)C2)c1. The smallest absolute Gasteiger partial charge is 0.123 e. The molecule has 1 aromatic carbocycles. The van der Waals surface area contributed by atoms with Crippen molar-refractivity contribution in [3.63, 3.8) is 0 Å². The molecule has 1 saturated heterocycles. The second kappa shape index (κ2) is 6.04. The zero-order valence-corrected chi connectivity index (χ0v) is 11.7. The highest BCUT2D eigenvalue weighted by Gasteiger charge is 2.26. The fourth-order valence-corrected chi connectivity index (χ4v) is 3.77. The Kier molecular flexibility index (Phi) is 4.17. The van der Waals surface area contributed by atoms with Gasteiger partial charge in [-0.25, -0.2) is 4.39 Å². The van der Waals surface area contributed by atoms with Crippen LogP contribution in [-0.4, -0.2) is 24.5 Å². The van der Waals surface area contributed by atoms with Gasteiger partial charge in [-0.3, -0.25) is 0 Å². The van der Waals surface area contributed by atoms with E-state index in [1.807, 2.05) is 6.07 Å². The average molecular weight is 261 g/mol. The van der Waals surface area contributed by atoms with Crippen molar-refractivity contribution in [1.82, 2.24) is 4.90 Å². The van der Waals surface area contributed by atoms with E-state index < -0.39 is 0 Å². The van der Waals surface area contributed by atoms with Crippen molar-refractivity contribution in [2.45, 2.75) is 44.4 Å². The maximum Gasteiger partial charge on any atom is 0.123 e. The molecule has 19 heavy (non-hydrogen) atoms. The minimum atomic E-state index is -0.0942. The highest BCUT2D eigenvalue weighted by molar-refractivity contribution is 5.22. The van der Waals surface area contributed by atoms with E-state index in [4.69, 9.17) is 0 Å². The molecule has 1 saturated carbocycles. The molecule has 1 aliphatic carbocycles. The van der Waals surface area contributed by atoms with Crippen molar-refractivity contribution < 1.29 is 4.39 Å². The summed E-state index contributed by atoms with van der Waals surface area (Å²) in [5, 5.41) is 0. The lowest BCUT2D eigenvalue weighted by molar-refractivity contribution is 0.232. The van der Waals surface area contributed by atoms with Crippen molar-refractivity contribution in [1.29, 1.82) is 0 Å². The molecule has 1 heterocycles. The van der Waals surface area contributed by atoms with E-state index >= 15 is 0 Å². The fourth-order valence-electron chi connectivity index (χ4n) is 3.77. The van der Waals surface area contributed by atoms with Gasteiger partial charge in [0.1, 0.15) is 5.82 Å². The predicted molar refractivity (Wildman–Crippen MR) is 76.8 cm³/mol. The summed E-state index contributed by atoms with van der Waals surface area (Å²) < 4.78 is 13.3. The lowest BCUT2D eigenvalue weighted by Crippen LogP contribution is -2.28. The lowest BCUT2D eigenvalue weighted by Gasteiger charge is -2.26. The normalized spacial score (nSPS) is 25.8. The minimum Gasteiger partial charge on any atom is -0.302 e. The third-order valence-electron chi connectivity index (χ3n) is 4.83. The topological polar surface area (TPSA) is 3.24 Å². The van der Waals surface area contributed by atoms with Crippen LogP contribution in [0, 0.1) is 11.7 Å². The molecule has 1 aliphatic heterocycles. The number of halogens is 1. The van der Waals surface area contributed by atoms with Crippen LogP contribution in [0.4, 0.5) is 4.39 Å². The van der Waals surface area contributed by atoms with Gasteiger partial charge in [-0.15, -0.1) is 0 Å². The molecule has 0 aromatic heterocycles. The summed E-state index contributed by atoms with van der Waals surface area (Å²) >= 11 is 0. The number of benzene rings is 1. The monoisotopic (exact) mass is 261 g/mol. The Morgan fingerprint density at radius 3 is 2.74 bits per heavy atom. The Morgan fingerprint density at radius 1 is 1.11 bits per heavy atom. The third-order valence-corrected chi connectivity index (χ3v) is 4.83. The van der Waals surface area contributed by atoms with Crippen LogP contribution in [0.1, 0.15) is 50.0 Å². The summed E-state index contributed by atoms with van der Waals surface area (Å²) in [5.74, 6) is 1.36. The van der Waals surface area contributed by atoms with Crippen LogP contribution in [-0.2, 0) is 0 Å². The van der Waals surface area contributed by atoms with Gasteiger partial charge in [0.2, 0.25) is 0 Å². The van der Waals surface area contributed by atoms with Crippen molar-refractivity contribution in [3.05, 3.63) is 35.6 Å². The van der Waals surface area contributed by atoms with Crippen LogP contribution in [0.3, 0.4) is 0 Å². The fraction of sp³-hybridized carbons (Fsp3) is 0.647. The van der Waals surface area contributed by atoms with Gasteiger partial charge in [-0.05, 0) is 55.3 Å². The minimum absolute atomic E-state index is 0.0942. The van der Waals surface area contributed by atoms with Crippen molar-refractivity contribution in [3.8, 4) is 0 Å². The molecule has 104 valence electrons. The Labute approximate surface area is 115 Å². The van der Waals surface area contributed by atoms with Gasteiger partial charge in [-0.1, -0.05) is 31.4 Å². The molecule has 2 aliphatic rings. The van der Waals surface area contributed by atoms with E-state index in [1.165, 1.54) is 63.2 Å². The van der Waals surface area contributed by atoms with Crippen LogP contribution in [0.2, 0.25) is 0 Å². The van der Waals surface area contributed by atoms with Crippen molar-refractivity contribution in [2.24, 2.45) is 5.92 Å². The average Bonchev–Trinajstić information content (AvgIpc) is 2.88. The molecule has 1 atom stereocenters. The standard InChI is InChI=1S/C17H24FN/c18-17-8-4-7-15(11-17)16-9-10-19(13-16)12-14-5-2-1-3-6-14/h4,7-8,11,14,16H,1-3,5-6,9-10,12-13H2. The van der Waals surface area contributed by atoms with E-state index in [0.29, 0.717) is 5.92 Å². The molecule has 2 heteroatoms. The second-order valence-corrected chi connectivity index (χ2v) is 6.30. The van der Waals surface area contributed by atoms with Crippen LogP contribution in [0.15, 0.2) is 24.3 Å². The molecule has 1 unspecified atom stereocenters. The van der Waals surface area contributed by atoms with Crippen LogP contribution in [0.25, 0.3) is 0 Å². The first-order valence-corrected chi connectivity index (χ1v) is 7.79. The number of nitrogens with zero attached hydrogens (tertiary/aromatic N) is 1. The summed E-state index contributed by atoms with van der Waals surface area (Å²) in [6, 6.07) is 7.18. The highest BCUT2D eigenvalue weighted by Crippen LogP contribution is 2.30. The highest BCUT2D eigenvalue weighted by atomic mass is 19.1. The quantitative estimate of drug-likeness (QED) is 0.788. The summed E-state index contributed by atoms with van der Waals surface area (Å²) in [4.78, 5) is 2.60. The Morgan fingerprint density at radius 2 is 1.95 bits per heavy atom. The molecule has 2 fully saturated rings. The Hall–Kier alpha value is -0.890. The van der Waals surface area contributed by atoms with Crippen LogP contribution in [0.5, 0.6) is 0 Å². The zero-order valence-electron chi connectivity index (χ0n) is 11.7. The maximum atomic E-state index is 13.3. The molecule has 0 bridgehead atoms. The molecule has 0 amide bonds. The van der Waals surface area contributed by atoms with Gasteiger partial charge < -0.3 is 4.90 Å². The van der Waals surface area contributed by atoms with Gasteiger partial charge in [0, 0.05) is 13.1 Å². The molecule has 3 rings (SSSR count). The molecule has 0 spiro atoms. The second-order valence-electron chi connectivity index (χ2n) is 6.30. The first-order chi connectivity index (χ1) is 9.31. The van der Waals surface area contributed by atoms with E-state index in [9.17, 15) is 4.39 Å². The molecule has 1 nitrogen and oxygen atoms in total. The molecular formula is C17H24FN. The van der Waals surface area contributed by atoms with Gasteiger partial charge >= 0.3 is 0 Å². The van der Waals surface area contributed by atoms with Gasteiger partial charge in [-0.2, -0.15) is 0 Å². The van der Waals surface area contributed by atoms with E-state index in [1.54, 1.807) is 6.07 Å². The molecule has 0 radical (unpaired) electrons. The number of hydrogen-bond donors (Lipinski definition) is 0. The Balaban J connectivity index is 1.55. The van der Waals surface area contributed by atoms with E-state index in [0.717, 1.165) is 12.5 Å². The number of rotatable bonds is 3. The van der Waals surface area contributed by atoms with Crippen molar-refractivity contribution >= 4 is 0 Å². The Bertz CT molecular complexity index is 411. The first kappa shape index (κ1) is 13.1. The van der Waals surface area contributed by atoms with E-state index in [-0.39, 0.29) is 5.82 Å². The van der Waals surface area contributed by atoms with Crippen LogP contribution < -0.4 is 0 Å².